The van der Waals surface area contributed by atoms with Crippen LogP contribution in [0.4, 0.5) is 8.78 Å². The van der Waals surface area contributed by atoms with E-state index in [1.165, 1.54) is 12.1 Å². The van der Waals surface area contributed by atoms with E-state index in [9.17, 15) is 8.78 Å². The van der Waals surface area contributed by atoms with E-state index >= 15 is 0 Å². The summed E-state index contributed by atoms with van der Waals surface area (Å²) in [4.78, 5) is 4.42. The Morgan fingerprint density at radius 3 is 2.71 bits per heavy atom. The molecule has 0 spiro atoms. The van der Waals surface area contributed by atoms with E-state index in [1.807, 2.05) is 19.2 Å². The Labute approximate surface area is 135 Å². The molecule has 0 aliphatic rings. The van der Waals surface area contributed by atoms with Crippen molar-refractivity contribution in [2.24, 2.45) is 0 Å². The highest BCUT2D eigenvalue weighted by molar-refractivity contribution is 9.10. The van der Waals surface area contributed by atoms with Crippen LogP contribution in [-0.4, -0.2) is 17.6 Å². The van der Waals surface area contributed by atoms with Gasteiger partial charge in [-0.05, 0) is 48.0 Å². The first-order chi connectivity index (χ1) is 10.0. The molecule has 0 aliphatic heterocycles. The molecule has 0 fully saturated rings. The highest BCUT2D eigenvalue weighted by Gasteiger charge is 2.18. The zero-order valence-corrected chi connectivity index (χ0v) is 14.3. The molecule has 2 rings (SSSR count). The Bertz CT molecular complexity index is 616. The van der Waals surface area contributed by atoms with E-state index in [1.54, 1.807) is 11.3 Å². The third-order valence-corrected chi connectivity index (χ3v) is 4.64. The van der Waals surface area contributed by atoms with Crippen LogP contribution >= 0.6 is 27.3 Å². The van der Waals surface area contributed by atoms with Crippen molar-refractivity contribution in [3.05, 3.63) is 49.9 Å². The molecule has 0 saturated carbocycles. The van der Waals surface area contributed by atoms with Gasteiger partial charge < -0.3 is 5.32 Å². The molecule has 1 heterocycles. The minimum atomic E-state index is -0.521. The third-order valence-electron chi connectivity index (χ3n) is 3.20. The lowest BCUT2D eigenvalue weighted by Crippen LogP contribution is -2.33. The molecule has 1 unspecified atom stereocenters. The lowest BCUT2D eigenvalue weighted by molar-refractivity contribution is 0.480. The summed E-state index contributed by atoms with van der Waals surface area (Å²) in [5.74, 6) is -1.03. The number of hydrogen-bond donors (Lipinski definition) is 1. The van der Waals surface area contributed by atoms with Gasteiger partial charge in [0.05, 0.1) is 15.2 Å². The third kappa shape index (κ3) is 4.31. The molecule has 1 atom stereocenters. The van der Waals surface area contributed by atoms with E-state index in [4.69, 9.17) is 0 Å². The Balaban J connectivity index is 2.18. The van der Waals surface area contributed by atoms with Crippen LogP contribution in [0.5, 0.6) is 0 Å². The Kier molecular flexibility index (Phi) is 5.84. The fourth-order valence-electron chi connectivity index (χ4n) is 2.26. The molecule has 0 aliphatic carbocycles. The topological polar surface area (TPSA) is 24.9 Å². The van der Waals surface area contributed by atoms with Crippen LogP contribution in [0.2, 0.25) is 0 Å². The summed E-state index contributed by atoms with van der Waals surface area (Å²) >= 11 is 4.69. The van der Waals surface area contributed by atoms with Crippen molar-refractivity contribution in [2.75, 3.05) is 6.54 Å². The second-order valence-corrected chi connectivity index (χ2v) is 6.76. The van der Waals surface area contributed by atoms with Crippen LogP contribution in [0.15, 0.2) is 22.0 Å². The first-order valence-corrected chi connectivity index (χ1v) is 8.45. The highest BCUT2D eigenvalue weighted by Crippen LogP contribution is 2.23. The molecule has 0 amide bonds. The van der Waals surface area contributed by atoms with Gasteiger partial charge in [0.2, 0.25) is 0 Å². The molecule has 0 radical (unpaired) electrons. The number of rotatable bonds is 6. The van der Waals surface area contributed by atoms with Crippen molar-refractivity contribution in [1.29, 1.82) is 0 Å². The van der Waals surface area contributed by atoms with E-state index < -0.39 is 11.6 Å². The van der Waals surface area contributed by atoms with Gasteiger partial charge in [-0.2, -0.15) is 0 Å². The molecule has 1 aromatic carbocycles. The van der Waals surface area contributed by atoms with Gasteiger partial charge in [0.15, 0.2) is 0 Å². The van der Waals surface area contributed by atoms with Gasteiger partial charge in [-0.25, -0.2) is 13.8 Å². The molecule has 21 heavy (non-hydrogen) atoms. The van der Waals surface area contributed by atoms with Gasteiger partial charge in [0.1, 0.15) is 11.6 Å². The number of likely N-dealkylation sites (N-methyl/N-ethyl adjacent to an activating group) is 1. The van der Waals surface area contributed by atoms with Gasteiger partial charge in [-0.15, -0.1) is 11.3 Å². The number of thiazole rings is 1. The average molecular weight is 375 g/mol. The normalized spacial score (nSPS) is 12.6. The summed E-state index contributed by atoms with van der Waals surface area (Å²) in [6, 6.07) is 2.63. The maximum Gasteiger partial charge on any atom is 0.143 e. The van der Waals surface area contributed by atoms with Crippen molar-refractivity contribution in [1.82, 2.24) is 10.3 Å². The van der Waals surface area contributed by atoms with Crippen molar-refractivity contribution in [3.63, 3.8) is 0 Å². The van der Waals surface area contributed by atoms with Crippen LogP contribution in [0.3, 0.4) is 0 Å². The summed E-state index contributed by atoms with van der Waals surface area (Å²) in [6.45, 7) is 4.67. The van der Waals surface area contributed by atoms with Crippen LogP contribution in [0, 0.1) is 18.6 Å². The molecule has 114 valence electrons. The van der Waals surface area contributed by atoms with Crippen LogP contribution in [0.1, 0.15) is 23.2 Å². The fourth-order valence-corrected chi connectivity index (χ4v) is 3.26. The summed E-state index contributed by atoms with van der Waals surface area (Å²) in [5, 5.41) is 6.27. The lowest BCUT2D eigenvalue weighted by Gasteiger charge is -2.18. The summed E-state index contributed by atoms with van der Waals surface area (Å²) in [6.07, 6.45) is 0.949. The molecule has 6 heteroatoms. The quantitative estimate of drug-likeness (QED) is 0.764. The molecular formula is C15H17BrF2N2S. The molecule has 1 aromatic heterocycles. The molecule has 2 nitrogen and oxygen atoms in total. The second-order valence-electron chi connectivity index (χ2n) is 4.84. The SMILES string of the molecule is CCNC(Cc1csc(C)n1)Cc1c(F)ccc(Br)c1F. The van der Waals surface area contributed by atoms with Crippen molar-refractivity contribution in [2.45, 2.75) is 32.7 Å². The van der Waals surface area contributed by atoms with Gasteiger partial charge in [-0.3, -0.25) is 0 Å². The number of hydrogen-bond acceptors (Lipinski definition) is 3. The first kappa shape index (κ1) is 16.5. The predicted molar refractivity (Wildman–Crippen MR) is 85.8 cm³/mol. The maximum absolute atomic E-state index is 14.1. The first-order valence-electron chi connectivity index (χ1n) is 6.78. The Morgan fingerprint density at radius 1 is 1.33 bits per heavy atom. The average Bonchev–Trinajstić information content (AvgIpc) is 2.84. The van der Waals surface area contributed by atoms with Crippen molar-refractivity contribution >= 4 is 27.3 Å². The predicted octanol–water partition coefficient (Wildman–Crippen LogP) is 4.26. The minimum absolute atomic E-state index is 0.0465. The van der Waals surface area contributed by atoms with E-state index in [0.717, 1.165) is 17.2 Å². The van der Waals surface area contributed by atoms with Crippen molar-refractivity contribution in [3.8, 4) is 0 Å². The number of benzene rings is 1. The Morgan fingerprint density at radius 2 is 2.10 bits per heavy atom. The highest BCUT2D eigenvalue weighted by atomic mass is 79.9. The minimum Gasteiger partial charge on any atom is -0.314 e. The van der Waals surface area contributed by atoms with Gasteiger partial charge in [0, 0.05) is 23.4 Å². The molecule has 2 aromatic rings. The van der Waals surface area contributed by atoms with E-state index in [-0.39, 0.29) is 11.6 Å². The van der Waals surface area contributed by atoms with Gasteiger partial charge in [-0.1, -0.05) is 6.92 Å². The lowest BCUT2D eigenvalue weighted by atomic mass is 10.0. The molecular weight excluding hydrogens is 358 g/mol. The number of aromatic nitrogens is 1. The van der Waals surface area contributed by atoms with E-state index in [2.05, 4.69) is 26.2 Å². The largest absolute Gasteiger partial charge is 0.314 e. The molecule has 0 saturated heterocycles. The van der Waals surface area contributed by atoms with Crippen LogP contribution in [-0.2, 0) is 12.8 Å². The Hall–Kier alpha value is -0.850. The smallest absolute Gasteiger partial charge is 0.143 e. The fraction of sp³-hybridized carbons (Fsp3) is 0.400. The zero-order valence-electron chi connectivity index (χ0n) is 11.9. The van der Waals surface area contributed by atoms with Gasteiger partial charge in [0.25, 0.3) is 0 Å². The monoisotopic (exact) mass is 374 g/mol. The molecule has 0 bridgehead atoms. The maximum atomic E-state index is 14.1. The van der Waals surface area contributed by atoms with Crippen molar-refractivity contribution < 1.29 is 8.78 Å². The number of nitrogens with one attached hydrogen (secondary N) is 1. The standard InChI is InChI=1S/C15H17BrF2N2S/c1-3-19-10(6-11-8-21-9(2)20-11)7-12-14(17)5-4-13(16)15(12)18/h4-5,8,10,19H,3,6-7H2,1-2H3. The summed E-state index contributed by atoms with van der Waals surface area (Å²) < 4.78 is 28.2. The zero-order chi connectivity index (χ0) is 15.4. The van der Waals surface area contributed by atoms with E-state index in [0.29, 0.717) is 17.3 Å². The number of aryl methyl sites for hydroxylation is 1. The number of nitrogens with zero attached hydrogens (tertiary/aromatic N) is 1. The summed E-state index contributed by atoms with van der Waals surface area (Å²) in [5.41, 5.74) is 1.07. The number of halogens is 3. The van der Waals surface area contributed by atoms with Crippen LogP contribution in [0.25, 0.3) is 0 Å². The summed E-state index contributed by atoms with van der Waals surface area (Å²) in [7, 11) is 0. The molecule has 1 N–H and O–H groups in total. The van der Waals surface area contributed by atoms with Gasteiger partial charge >= 0.3 is 0 Å². The van der Waals surface area contributed by atoms with Crippen LogP contribution < -0.4 is 5.32 Å². The second kappa shape index (κ2) is 7.42.